The molecule has 1 aliphatic rings. The highest BCUT2D eigenvalue weighted by Crippen LogP contribution is 2.10. The Labute approximate surface area is 105 Å². The number of hydrogen-bond donors (Lipinski definition) is 2. The van der Waals surface area contributed by atoms with Gasteiger partial charge in [0.1, 0.15) is 0 Å². The number of hydrogen-bond acceptors (Lipinski definition) is 3. The second-order valence-corrected chi connectivity index (χ2v) is 4.89. The number of piperidine rings is 1. The smallest absolute Gasteiger partial charge is 0.236 e. The van der Waals surface area contributed by atoms with Gasteiger partial charge < -0.3 is 15.5 Å². The first-order valence-corrected chi connectivity index (χ1v) is 6.93. The summed E-state index contributed by atoms with van der Waals surface area (Å²) in [6.45, 7) is 10.4. The molecule has 1 saturated heterocycles. The van der Waals surface area contributed by atoms with Crippen molar-refractivity contribution in [3.8, 4) is 0 Å². The Morgan fingerprint density at radius 2 is 2.00 bits per heavy atom. The van der Waals surface area contributed by atoms with Gasteiger partial charge in [-0.2, -0.15) is 0 Å². The van der Waals surface area contributed by atoms with Gasteiger partial charge in [-0.05, 0) is 45.8 Å². The summed E-state index contributed by atoms with van der Waals surface area (Å²) in [5.41, 5.74) is 0. The monoisotopic (exact) mass is 241 g/mol. The van der Waals surface area contributed by atoms with Gasteiger partial charge in [0.05, 0.1) is 6.04 Å². The van der Waals surface area contributed by atoms with Gasteiger partial charge in [-0.3, -0.25) is 4.79 Å². The maximum atomic E-state index is 11.7. The van der Waals surface area contributed by atoms with Crippen molar-refractivity contribution < 1.29 is 4.79 Å². The quantitative estimate of drug-likeness (QED) is 0.728. The van der Waals surface area contributed by atoms with E-state index in [0.29, 0.717) is 6.04 Å². The van der Waals surface area contributed by atoms with Crippen molar-refractivity contribution in [1.29, 1.82) is 0 Å². The zero-order valence-electron chi connectivity index (χ0n) is 11.5. The first-order chi connectivity index (χ1) is 8.17. The van der Waals surface area contributed by atoms with Gasteiger partial charge >= 0.3 is 0 Å². The third-order valence-electron chi connectivity index (χ3n) is 3.46. The number of likely N-dealkylation sites (tertiary alicyclic amines) is 1. The highest BCUT2D eigenvalue weighted by atomic mass is 16.2. The summed E-state index contributed by atoms with van der Waals surface area (Å²) >= 11 is 0. The van der Waals surface area contributed by atoms with Crippen LogP contribution in [0.15, 0.2) is 0 Å². The number of carbonyl (C=O) groups is 1. The van der Waals surface area contributed by atoms with Crippen molar-refractivity contribution in [1.82, 2.24) is 15.5 Å². The van der Waals surface area contributed by atoms with E-state index < -0.39 is 0 Å². The molecule has 0 aliphatic carbocycles. The molecule has 17 heavy (non-hydrogen) atoms. The van der Waals surface area contributed by atoms with Gasteiger partial charge in [0.15, 0.2) is 0 Å². The summed E-state index contributed by atoms with van der Waals surface area (Å²) in [5, 5.41) is 6.36. The third kappa shape index (κ3) is 5.04. The minimum Gasteiger partial charge on any atom is -0.355 e. The molecule has 2 N–H and O–H groups in total. The highest BCUT2D eigenvalue weighted by Gasteiger charge is 2.21. The summed E-state index contributed by atoms with van der Waals surface area (Å²) in [4.78, 5) is 14.2. The number of nitrogens with zero attached hydrogens (tertiary/aromatic N) is 1. The second kappa shape index (κ2) is 7.67. The molecule has 100 valence electrons. The van der Waals surface area contributed by atoms with Crippen LogP contribution in [0.1, 0.15) is 40.0 Å². The van der Waals surface area contributed by atoms with Gasteiger partial charge in [0.25, 0.3) is 0 Å². The molecule has 1 amide bonds. The van der Waals surface area contributed by atoms with Crippen molar-refractivity contribution in [2.45, 2.75) is 52.1 Å². The number of nitrogens with one attached hydrogen (secondary N) is 2. The fraction of sp³-hybridized carbons (Fsp3) is 0.923. The standard InChI is InChI=1S/C13H27N3O/c1-4-8-14-13(17)11(3)15-12-6-9-16(5-2)10-7-12/h11-12,15H,4-10H2,1-3H3,(H,14,17). The third-order valence-corrected chi connectivity index (χ3v) is 3.46. The lowest BCUT2D eigenvalue weighted by Crippen LogP contribution is -2.50. The molecule has 0 aromatic carbocycles. The van der Waals surface area contributed by atoms with Crippen molar-refractivity contribution in [3.05, 3.63) is 0 Å². The van der Waals surface area contributed by atoms with Crippen molar-refractivity contribution in [2.24, 2.45) is 0 Å². The van der Waals surface area contributed by atoms with Crippen LogP contribution in [0.2, 0.25) is 0 Å². The zero-order chi connectivity index (χ0) is 12.7. The largest absolute Gasteiger partial charge is 0.355 e. The summed E-state index contributed by atoms with van der Waals surface area (Å²) in [6, 6.07) is 0.430. The Hall–Kier alpha value is -0.610. The van der Waals surface area contributed by atoms with E-state index in [9.17, 15) is 4.79 Å². The Morgan fingerprint density at radius 1 is 1.35 bits per heavy atom. The van der Waals surface area contributed by atoms with Crippen molar-refractivity contribution >= 4 is 5.91 Å². The van der Waals surface area contributed by atoms with Crippen LogP contribution in [0.25, 0.3) is 0 Å². The minimum atomic E-state index is -0.0697. The zero-order valence-corrected chi connectivity index (χ0v) is 11.5. The normalized spacial score (nSPS) is 20.2. The summed E-state index contributed by atoms with van der Waals surface area (Å²) < 4.78 is 0. The molecule has 1 fully saturated rings. The molecule has 0 radical (unpaired) electrons. The Bertz CT molecular complexity index is 225. The average molecular weight is 241 g/mol. The van der Waals surface area contributed by atoms with Crippen molar-refractivity contribution in [2.75, 3.05) is 26.2 Å². The molecule has 4 heteroatoms. The minimum absolute atomic E-state index is 0.0697. The van der Waals surface area contributed by atoms with E-state index in [1.807, 2.05) is 6.92 Å². The van der Waals surface area contributed by atoms with Gasteiger partial charge in [-0.25, -0.2) is 0 Å². The number of carbonyl (C=O) groups excluding carboxylic acids is 1. The van der Waals surface area contributed by atoms with Gasteiger partial charge in [0, 0.05) is 12.6 Å². The first-order valence-electron chi connectivity index (χ1n) is 6.93. The second-order valence-electron chi connectivity index (χ2n) is 4.89. The van der Waals surface area contributed by atoms with Crippen LogP contribution in [-0.4, -0.2) is 49.1 Å². The maximum absolute atomic E-state index is 11.7. The molecular weight excluding hydrogens is 214 g/mol. The molecule has 1 aliphatic heterocycles. The van der Waals surface area contributed by atoms with Crippen LogP contribution >= 0.6 is 0 Å². The summed E-state index contributed by atoms with van der Waals surface area (Å²) in [5.74, 6) is 0.129. The van der Waals surface area contributed by atoms with Crippen LogP contribution in [-0.2, 0) is 4.79 Å². The predicted molar refractivity (Wildman–Crippen MR) is 71.0 cm³/mol. The number of rotatable bonds is 6. The Morgan fingerprint density at radius 3 is 2.53 bits per heavy atom. The summed E-state index contributed by atoms with van der Waals surface area (Å²) in [6.07, 6.45) is 3.30. The Balaban J connectivity index is 2.22. The van der Waals surface area contributed by atoms with E-state index in [4.69, 9.17) is 0 Å². The first kappa shape index (κ1) is 14.5. The van der Waals surface area contributed by atoms with E-state index in [0.717, 1.165) is 45.4 Å². The molecule has 1 atom stereocenters. The molecule has 0 aromatic heterocycles. The maximum Gasteiger partial charge on any atom is 0.236 e. The Kier molecular flexibility index (Phi) is 6.52. The van der Waals surface area contributed by atoms with E-state index in [1.54, 1.807) is 0 Å². The lowest BCUT2D eigenvalue weighted by Gasteiger charge is -2.32. The van der Waals surface area contributed by atoms with Crippen LogP contribution < -0.4 is 10.6 Å². The topological polar surface area (TPSA) is 44.4 Å². The van der Waals surface area contributed by atoms with E-state index in [1.165, 1.54) is 0 Å². The van der Waals surface area contributed by atoms with Gasteiger partial charge in [-0.1, -0.05) is 13.8 Å². The van der Waals surface area contributed by atoms with E-state index >= 15 is 0 Å². The van der Waals surface area contributed by atoms with Gasteiger partial charge in [-0.15, -0.1) is 0 Å². The van der Waals surface area contributed by atoms with Crippen LogP contribution in [0.4, 0.5) is 0 Å². The molecule has 0 spiro atoms. The lowest BCUT2D eigenvalue weighted by atomic mass is 10.0. The van der Waals surface area contributed by atoms with Gasteiger partial charge in [0.2, 0.25) is 5.91 Å². The molecule has 0 saturated carbocycles. The fourth-order valence-corrected chi connectivity index (χ4v) is 2.25. The fourth-order valence-electron chi connectivity index (χ4n) is 2.25. The van der Waals surface area contributed by atoms with E-state index in [2.05, 4.69) is 29.4 Å². The van der Waals surface area contributed by atoms with E-state index in [-0.39, 0.29) is 11.9 Å². The molecule has 0 bridgehead atoms. The molecule has 1 heterocycles. The number of amides is 1. The highest BCUT2D eigenvalue weighted by molar-refractivity contribution is 5.81. The van der Waals surface area contributed by atoms with Crippen LogP contribution in [0.5, 0.6) is 0 Å². The summed E-state index contributed by atoms with van der Waals surface area (Å²) in [7, 11) is 0. The lowest BCUT2D eigenvalue weighted by molar-refractivity contribution is -0.123. The average Bonchev–Trinajstić information content (AvgIpc) is 2.36. The molecule has 0 aromatic rings. The van der Waals surface area contributed by atoms with Crippen molar-refractivity contribution in [3.63, 3.8) is 0 Å². The molecule has 4 nitrogen and oxygen atoms in total. The molecule has 1 rings (SSSR count). The molecular formula is C13H27N3O. The van der Waals surface area contributed by atoms with Crippen LogP contribution in [0, 0.1) is 0 Å². The SMILES string of the molecule is CCCNC(=O)C(C)NC1CCN(CC)CC1. The van der Waals surface area contributed by atoms with Crippen LogP contribution in [0.3, 0.4) is 0 Å². The molecule has 1 unspecified atom stereocenters. The predicted octanol–water partition coefficient (Wildman–Crippen LogP) is 0.975.